The number of halogens is 6. The summed E-state index contributed by atoms with van der Waals surface area (Å²) < 4.78 is 76.4. The molecule has 1 amide bonds. The number of rotatable bonds is 2. The Kier molecular flexibility index (Phi) is 3.89. The van der Waals surface area contributed by atoms with Gasteiger partial charge < -0.3 is 5.32 Å². The average molecular weight is 381 g/mol. The van der Waals surface area contributed by atoms with Crippen molar-refractivity contribution in [2.24, 2.45) is 0 Å². The first-order chi connectivity index (χ1) is 11.6. The van der Waals surface area contributed by atoms with E-state index in [4.69, 9.17) is 0 Å². The molecule has 6 nitrogen and oxygen atoms in total. The van der Waals surface area contributed by atoms with Crippen molar-refractivity contribution in [1.82, 2.24) is 19.8 Å². The minimum Gasteiger partial charge on any atom is -0.320 e. The van der Waals surface area contributed by atoms with Crippen LogP contribution in [0, 0.1) is 0 Å². The van der Waals surface area contributed by atoms with Crippen molar-refractivity contribution in [1.29, 1.82) is 0 Å². The van der Waals surface area contributed by atoms with Crippen LogP contribution in [0.3, 0.4) is 0 Å². The lowest BCUT2D eigenvalue weighted by molar-refractivity contribution is -0.146. The topological polar surface area (TPSA) is 72.2 Å². The molecule has 25 heavy (non-hydrogen) atoms. The van der Waals surface area contributed by atoms with E-state index in [-0.39, 0.29) is 10.6 Å². The maximum atomic E-state index is 12.7. The molecule has 1 N–H and O–H groups in total. The molecule has 3 rings (SSSR count). The van der Waals surface area contributed by atoms with Gasteiger partial charge in [0.05, 0.1) is 5.56 Å². The Labute approximate surface area is 138 Å². The van der Waals surface area contributed by atoms with Crippen molar-refractivity contribution in [2.45, 2.75) is 12.4 Å². The fraction of sp³-hybridized carbons (Fsp3) is 0.167. The van der Waals surface area contributed by atoms with Crippen LogP contribution in [0.25, 0.3) is 4.96 Å². The van der Waals surface area contributed by atoms with Gasteiger partial charge in [-0.05, 0) is 18.2 Å². The van der Waals surface area contributed by atoms with Gasteiger partial charge in [-0.1, -0.05) is 17.4 Å². The van der Waals surface area contributed by atoms with Gasteiger partial charge in [-0.25, -0.2) is 0 Å². The van der Waals surface area contributed by atoms with E-state index in [0.717, 1.165) is 12.1 Å². The predicted molar refractivity (Wildman–Crippen MR) is 73.1 cm³/mol. The summed E-state index contributed by atoms with van der Waals surface area (Å²) >= 11 is 0.515. The van der Waals surface area contributed by atoms with Gasteiger partial charge in [0, 0.05) is 5.69 Å². The lowest BCUT2D eigenvalue weighted by atomic mass is 10.2. The van der Waals surface area contributed by atoms with Gasteiger partial charge >= 0.3 is 12.4 Å². The summed E-state index contributed by atoms with van der Waals surface area (Å²) in [7, 11) is 0. The minimum absolute atomic E-state index is 0.179. The van der Waals surface area contributed by atoms with Gasteiger partial charge in [0.25, 0.3) is 11.7 Å². The summed E-state index contributed by atoms with van der Waals surface area (Å²) in [6, 6.07) is 3.79. The van der Waals surface area contributed by atoms with Crippen LogP contribution in [0.2, 0.25) is 0 Å². The molecule has 132 valence electrons. The summed E-state index contributed by atoms with van der Waals surface area (Å²) in [5, 5.41) is 11.4. The second-order valence-corrected chi connectivity index (χ2v) is 5.61. The third-order valence-electron chi connectivity index (χ3n) is 2.89. The third-order valence-corrected chi connectivity index (χ3v) is 3.78. The molecule has 0 aliphatic rings. The van der Waals surface area contributed by atoms with Crippen molar-refractivity contribution in [3.63, 3.8) is 0 Å². The largest absolute Gasteiger partial charge is 0.453 e. The molecule has 3 aromatic rings. The van der Waals surface area contributed by atoms with Crippen LogP contribution >= 0.6 is 11.3 Å². The maximum Gasteiger partial charge on any atom is 0.453 e. The van der Waals surface area contributed by atoms with Crippen molar-refractivity contribution in [2.75, 3.05) is 5.32 Å². The number of carbonyl (C=O) groups is 1. The van der Waals surface area contributed by atoms with Gasteiger partial charge in [-0.15, -0.1) is 15.3 Å². The molecular weight excluding hydrogens is 376 g/mol. The van der Waals surface area contributed by atoms with Crippen LogP contribution in [-0.4, -0.2) is 25.7 Å². The number of hydrogen-bond acceptors (Lipinski definition) is 5. The van der Waals surface area contributed by atoms with Crippen LogP contribution in [0.5, 0.6) is 0 Å². The van der Waals surface area contributed by atoms with Gasteiger partial charge in [0.15, 0.2) is 0 Å². The number of benzene rings is 1. The molecule has 0 unspecified atom stereocenters. The monoisotopic (exact) mass is 381 g/mol. The molecule has 0 spiro atoms. The van der Waals surface area contributed by atoms with Gasteiger partial charge in [-0.3, -0.25) is 4.79 Å². The van der Waals surface area contributed by atoms with Crippen LogP contribution in [0.15, 0.2) is 24.3 Å². The highest BCUT2D eigenvalue weighted by Crippen LogP contribution is 2.31. The first-order valence-corrected chi connectivity index (χ1v) is 7.15. The molecule has 13 heteroatoms. The van der Waals surface area contributed by atoms with Crippen LogP contribution in [-0.2, 0) is 12.4 Å². The fourth-order valence-corrected chi connectivity index (χ4v) is 2.58. The fourth-order valence-electron chi connectivity index (χ4n) is 1.84. The van der Waals surface area contributed by atoms with E-state index >= 15 is 0 Å². The minimum atomic E-state index is -4.82. The molecular formula is C12H5F6N5OS. The molecule has 0 atom stereocenters. The average Bonchev–Trinajstić information content (AvgIpc) is 3.05. The number of nitrogens with zero attached hydrogens (tertiary/aromatic N) is 4. The van der Waals surface area contributed by atoms with E-state index in [1.807, 2.05) is 0 Å². The van der Waals surface area contributed by atoms with Crippen molar-refractivity contribution in [3.8, 4) is 0 Å². The Balaban J connectivity index is 1.87. The smallest absolute Gasteiger partial charge is 0.320 e. The molecule has 0 aliphatic carbocycles. The van der Waals surface area contributed by atoms with Crippen molar-refractivity contribution < 1.29 is 31.1 Å². The normalized spacial score (nSPS) is 12.6. The van der Waals surface area contributed by atoms with Crippen LogP contribution in [0.1, 0.15) is 21.2 Å². The van der Waals surface area contributed by atoms with E-state index in [0.29, 0.717) is 21.9 Å². The lowest BCUT2D eigenvalue weighted by Gasteiger charge is -2.08. The van der Waals surface area contributed by atoms with Gasteiger partial charge in [0.2, 0.25) is 9.97 Å². The number of hydrogen-bond donors (Lipinski definition) is 1. The Morgan fingerprint density at radius 3 is 2.44 bits per heavy atom. The van der Waals surface area contributed by atoms with E-state index in [1.54, 1.807) is 0 Å². The lowest BCUT2D eigenvalue weighted by Crippen LogP contribution is -2.15. The van der Waals surface area contributed by atoms with Gasteiger partial charge in [0.1, 0.15) is 0 Å². The number of fused-ring (bicyclic) bond motifs is 1. The predicted octanol–water partition coefficient (Wildman–Crippen LogP) is 3.48. The Hall–Kier alpha value is -2.70. The molecule has 0 saturated carbocycles. The Bertz CT molecular complexity index is 944. The number of aromatic nitrogens is 4. The number of nitrogens with one attached hydrogen (secondary N) is 1. The molecule has 1 aromatic carbocycles. The third kappa shape index (κ3) is 3.40. The molecule has 0 bridgehead atoms. The molecule has 2 heterocycles. The summed E-state index contributed by atoms with van der Waals surface area (Å²) in [5.41, 5.74) is -1.16. The Morgan fingerprint density at radius 1 is 1.08 bits per heavy atom. The van der Waals surface area contributed by atoms with Crippen molar-refractivity contribution in [3.05, 3.63) is 40.7 Å². The number of amides is 1. The van der Waals surface area contributed by atoms with Gasteiger partial charge in [-0.2, -0.15) is 30.9 Å². The standard InChI is InChI=1S/C12H5F6N5OS/c13-11(14,15)5-2-1-3-6(4-5)19-7(24)8-22-23-9(12(16,17)18)20-21-10(23)25-8/h1-4H,(H,19,24). The molecule has 0 fully saturated rings. The maximum absolute atomic E-state index is 12.7. The quantitative estimate of drug-likeness (QED) is 0.690. The number of anilines is 1. The van der Waals surface area contributed by atoms with Crippen LogP contribution in [0.4, 0.5) is 32.0 Å². The highest BCUT2D eigenvalue weighted by molar-refractivity contribution is 7.18. The zero-order valence-electron chi connectivity index (χ0n) is 11.7. The number of alkyl halides is 6. The SMILES string of the molecule is O=C(Nc1cccc(C(F)(F)F)c1)c1nn2c(C(F)(F)F)nnc2s1. The second-order valence-electron chi connectivity index (χ2n) is 4.66. The van der Waals surface area contributed by atoms with Crippen molar-refractivity contribution >= 4 is 27.9 Å². The zero-order chi connectivity index (χ0) is 18.4. The first kappa shape index (κ1) is 17.1. The Morgan fingerprint density at radius 2 is 1.80 bits per heavy atom. The highest BCUT2D eigenvalue weighted by atomic mass is 32.1. The molecule has 2 aromatic heterocycles. The van der Waals surface area contributed by atoms with E-state index in [9.17, 15) is 31.1 Å². The summed E-state index contributed by atoms with van der Waals surface area (Å²) in [4.78, 5) is 11.7. The first-order valence-electron chi connectivity index (χ1n) is 6.34. The number of carbonyl (C=O) groups excluding carboxylic acids is 1. The van der Waals surface area contributed by atoms with E-state index in [1.165, 1.54) is 6.07 Å². The highest BCUT2D eigenvalue weighted by Gasteiger charge is 2.38. The molecule has 0 saturated heterocycles. The second kappa shape index (κ2) is 5.68. The van der Waals surface area contributed by atoms with E-state index in [2.05, 4.69) is 20.6 Å². The summed E-state index contributed by atoms with van der Waals surface area (Å²) in [6.45, 7) is 0. The summed E-state index contributed by atoms with van der Waals surface area (Å²) in [5.74, 6) is -2.38. The zero-order valence-corrected chi connectivity index (χ0v) is 12.5. The molecule has 0 radical (unpaired) electrons. The van der Waals surface area contributed by atoms with Crippen LogP contribution < -0.4 is 5.32 Å². The molecule has 0 aliphatic heterocycles. The van der Waals surface area contributed by atoms with E-state index < -0.39 is 34.7 Å². The summed E-state index contributed by atoms with van der Waals surface area (Å²) in [6.07, 6.45) is -9.42.